The number of aromatic nitrogens is 2. The van der Waals surface area contributed by atoms with E-state index in [2.05, 4.69) is 50.6 Å². The van der Waals surface area contributed by atoms with Crippen LogP contribution in [0.5, 0.6) is 5.75 Å². The number of aryl methyl sites for hydroxylation is 1. The van der Waals surface area contributed by atoms with E-state index in [9.17, 15) is 0 Å². The number of hydrogen-bond acceptors (Lipinski definition) is 2. The van der Waals surface area contributed by atoms with Gasteiger partial charge in [-0.1, -0.05) is 41.1 Å². The first-order valence-corrected chi connectivity index (χ1v) is 7.89. The van der Waals surface area contributed by atoms with Gasteiger partial charge in [0.15, 0.2) is 0 Å². The van der Waals surface area contributed by atoms with Gasteiger partial charge in [-0.3, -0.25) is 0 Å². The predicted octanol–water partition coefficient (Wildman–Crippen LogP) is 4.44. The maximum atomic E-state index is 5.83. The molecule has 0 bridgehead atoms. The summed E-state index contributed by atoms with van der Waals surface area (Å²) in [6.45, 7) is 3.56. The number of imidazole rings is 1. The third kappa shape index (κ3) is 3.10. The van der Waals surface area contributed by atoms with Crippen LogP contribution in [0, 0.1) is 0 Å². The van der Waals surface area contributed by atoms with Gasteiger partial charge in [0, 0.05) is 10.9 Å². The molecule has 3 aromatic rings. The molecule has 0 spiro atoms. The maximum absolute atomic E-state index is 5.83. The van der Waals surface area contributed by atoms with Crippen molar-refractivity contribution in [3.05, 3.63) is 58.8 Å². The smallest absolute Gasteiger partial charge is 0.120 e. The van der Waals surface area contributed by atoms with E-state index in [4.69, 9.17) is 4.74 Å². The Hall–Kier alpha value is -1.81. The van der Waals surface area contributed by atoms with E-state index in [0.717, 1.165) is 34.5 Å². The molecule has 0 aliphatic rings. The molecule has 0 saturated carbocycles. The third-order valence-electron chi connectivity index (χ3n) is 3.43. The normalized spacial score (nSPS) is 11.0. The van der Waals surface area contributed by atoms with Crippen LogP contribution in [0.1, 0.15) is 12.7 Å². The van der Waals surface area contributed by atoms with Crippen molar-refractivity contribution >= 4 is 27.0 Å². The molecule has 0 radical (unpaired) electrons. The van der Waals surface area contributed by atoms with Gasteiger partial charge in [-0.05, 0) is 30.3 Å². The fourth-order valence-corrected chi connectivity index (χ4v) is 2.83. The van der Waals surface area contributed by atoms with Crippen molar-refractivity contribution in [2.24, 2.45) is 0 Å². The maximum Gasteiger partial charge on any atom is 0.120 e. The molecule has 0 atom stereocenters. The standard InChI is InChI=1S/C17H17BrN2O/c1-2-17-19-15-8-3-4-9-16(15)20(17)10-11-21-14-7-5-6-13(18)12-14/h3-9,12H,2,10-11H2,1H3. The molecule has 0 saturated heterocycles. The van der Waals surface area contributed by atoms with Crippen molar-refractivity contribution in [2.45, 2.75) is 19.9 Å². The highest BCUT2D eigenvalue weighted by Gasteiger charge is 2.08. The zero-order valence-electron chi connectivity index (χ0n) is 11.9. The monoisotopic (exact) mass is 344 g/mol. The summed E-state index contributed by atoms with van der Waals surface area (Å²) in [6.07, 6.45) is 0.922. The average molecular weight is 345 g/mol. The van der Waals surface area contributed by atoms with E-state index in [1.54, 1.807) is 0 Å². The SMILES string of the molecule is CCc1nc2ccccc2n1CCOc1cccc(Br)c1. The number of hydrogen-bond donors (Lipinski definition) is 0. The summed E-state index contributed by atoms with van der Waals surface area (Å²) in [5.41, 5.74) is 2.23. The van der Waals surface area contributed by atoms with Gasteiger partial charge >= 0.3 is 0 Å². The Kier molecular flexibility index (Phi) is 4.25. The Bertz CT molecular complexity index is 751. The predicted molar refractivity (Wildman–Crippen MR) is 88.7 cm³/mol. The average Bonchev–Trinajstić information content (AvgIpc) is 2.86. The van der Waals surface area contributed by atoms with Gasteiger partial charge in [0.2, 0.25) is 0 Å². The molecule has 3 rings (SSSR count). The molecule has 21 heavy (non-hydrogen) atoms. The Morgan fingerprint density at radius 2 is 2.00 bits per heavy atom. The first kappa shape index (κ1) is 14.1. The number of rotatable bonds is 5. The fraction of sp³-hybridized carbons (Fsp3) is 0.235. The Morgan fingerprint density at radius 3 is 2.81 bits per heavy atom. The van der Waals surface area contributed by atoms with Crippen LogP contribution in [-0.2, 0) is 13.0 Å². The van der Waals surface area contributed by atoms with Gasteiger partial charge in [-0.15, -0.1) is 0 Å². The molecule has 2 aromatic carbocycles. The van der Waals surface area contributed by atoms with Crippen LogP contribution in [0.4, 0.5) is 0 Å². The third-order valence-corrected chi connectivity index (χ3v) is 3.92. The molecule has 4 heteroatoms. The van der Waals surface area contributed by atoms with Crippen molar-refractivity contribution in [1.82, 2.24) is 9.55 Å². The Morgan fingerprint density at radius 1 is 1.14 bits per heavy atom. The number of nitrogens with zero attached hydrogens (tertiary/aromatic N) is 2. The lowest BCUT2D eigenvalue weighted by Crippen LogP contribution is -2.10. The summed E-state index contributed by atoms with van der Waals surface area (Å²) < 4.78 is 9.10. The van der Waals surface area contributed by atoms with Crippen LogP contribution in [0.2, 0.25) is 0 Å². The van der Waals surface area contributed by atoms with E-state index in [1.807, 2.05) is 30.3 Å². The van der Waals surface area contributed by atoms with E-state index >= 15 is 0 Å². The minimum absolute atomic E-state index is 0.629. The second kappa shape index (κ2) is 6.31. The van der Waals surface area contributed by atoms with Crippen molar-refractivity contribution in [3.63, 3.8) is 0 Å². The molecule has 1 aromatic heterocycles. The van der Waals surface area contributed by atoms with Crippen LogP contribution in [0.25, 0.3) is 11.0 Å². The number of para-hydroxylation sites is 2. The summed E-state index contributed by atoms with van der Waals surface area (Å²) in [4.78, 5) is 4.67. The largest absolute Gasteiger partial charge is 0.492 e. The molecule has 0 amide bonds. The van der Waals surface area contributed by atoms with E-state index in [0.29, 0.717) is 6.61 Å². The Labute approximate surface area is 132 Å². The molecule has 0 aliphatic carbocycles. The molecule has 1 heterocycles. The number of ether oxygens (including phenoxy) is 1. The van der Waals surface area contributed by atoms with Gasteiger partial charge in [0.05, 0.1) is 17.6 Å². The van der Waals surface area contributed by atoms with Crippen LogP contribution in [-0.4, -0.2) is 16.2 Å². The lowest BCUT2D eigenvalue weighted by atomic mass is 10.3. The summed E-state index contributed by atoms with van der Waals surface area (Å²) in [6, 6.07) is 16.2. The minimum Gasteiger partial charge on any atom is -0.492 e. The fourth-order valence-electron chi connectivity index (χ4n) is 2.46. The Balaban J connectivity index is 1.75. The molecule has 0 N–H and O–H groups in total. The molecule has 0 aliphatic heterocycles. The zero-order chi connectivity index (χ0) is 14.7. The molecule has 3 nitrogen and oxygen atoms in total. The van der Waals surface area contributed by atoms with Gasteiger partial charge < -0.3 is 9.30 Å². The molecular formula is C17H17BrN2O. The second-order valence-corrected chi connectivity index (χ2v) is 5.74. The van der Waals surface area contributed by atoms with Crippen LogP contribution >= 0.6 is 15.9 Å². The minimum atomic E-state index is 0.629. The van der Waals surface area contributed by atoms with Gasteiger partial charge in [0.1, 0.15) is 18.2 Å². The summed E-state index contributed by atoms with van der Waals surface area (Å²) in [5, 5.41) is 0. The topological polar surface area (TPSA) is 27.1 Å². The zero-order valence-corrected chi connectivity index (χ0v) is 13.5. The van der Waals surface area contributed by atoms with Crippen molar-refractivity contribution in [2.75, 3.05) is 6.61 Å². The highest BCUT2D eigenvalue weighted by molar-refractivity contribution is 9.10. The first-order chi connectivity index (χ1) is 10.3. The molecular weight excluding hydrogens is 328 g/mol. The lowest BCUT2D eigenvalue weighted by Gasteiger charge is -2.10. The molecule has 0 unspecified atom stereocenters. The lowest BCUT2D eigenvalue weighted by molar-refractivity contribution is 0.298. The van der Waals surface area contributed by atoms with Gasteiger partial charge in [-0.2, -0.15) is 0 Å². The highest BCUT2D eigenvalue weighted by Crippen LogP contribution is 2.19. The van der Waals surface area contributed by atoms with E-state index in [1.165, 1.54) is 5.52 Å². The van der Waals surface area contributed by atoms with Crippen LogP contribution < -0.4 is 4.74 Å². The number of fused-ring (bicyclic) bond motifs is 1. The van der Waals surface area contributed by atoms with Gasteiger partial charge in [0.25, 0.3) is 0 Å². The summed E-state index contributed by atoms with van der Waals surface area (Å²) in [5.74, 6) is 1.99. The van der Waals surface area contributed by atoms with Crippen LogP contribution in [0.15, 0.2) is 53.0 Å². The number of halogens is 1. The second-order valence-electron chi connectivity index (χ2n) is 4.83. The molecule has 108 valence electrons. The number of benzene rings is 2. The summed E-state index contributed by atoms with van der Waals surface area (Å²) >= 11 is 3.45. The first-order valence-electron chi connectivity index (χ1n) is 7.10. The van der Waals surface area contributed by atoms with Crippen molar-refractivity contribution in [3.8, 4) is 5.75 Å². The van der Waals surface area contributed by atoms with E-state index in [-0.39, 0.29) is 0 Å². The summed E-state index contributed by atoms with van der Waals surface area (Å²) in [7, 11) is 0. The van der Waals surface area contributed by atoms with Crippen molar-refractivity contribution in [1.29, 1.82) is 0 Å². The quantitative estimate of drug-likeness (QED) is 0.684. The van der Waals surface area contributed by atoms with Crippen LogP contribution in [0.3, 0.4) is 0 Å². The highest BCUT2D eigenvalue weighted by atomic mass is 79.9. The molecule has 0 fully saturated rings. The van der Waals surface area contributed by atoms with Gasteiger partial charge in [-0.25, -0.2) is 4.98 Å². The van der Waals surface area contributed by atoms with Crippen molar-refractivity contribution < 1.29 is 4.74 Å². The van der Waals surface area contributed by atoms with E-state index < -0.39 is 0 Å².